The fourth-order valence-electron chi connectivity index (χ4n) is 4.28. The summed E-state index contributed by atoms with van der Waals surface area (Å²) in [6.45, 7) is 2.62. The summed E-state index contributed by atoms with van der Waals surface area (Å²) in [6.07, 6.45) is -1.39. The summed E-state index contributed by atoms with van der Waals surface area (Å²) >= 11 is 0. The van der Waals surface area contributed by atoms with Crippen LogP contribution in [0.5, 0.6) is 5.75 Å². The van der Waals surface area contributed by atoms with Gasteiger partial charge in [-0.2, -0.15) is 13.2 Å². The Balaban J connectivity index is 1.50. The number of hydrogen-bond acceptors (Lipinski definition) is 1. The van der Waals surface area contributed by atoms with Crippen molar-refractivity contribution in [2.75, 3.05) is 6.61 Å². The molecule has 0 atom stereocenters. The number of hydrogen-bond donors (Lipinski definition) is 0. The molecule has 0 spiro atoms. The summed E-state index contributed by atoms with van der Waals surface area (Å²) in [5.41, 5.74) is 0.339. The lowest BCUT2D eigenvalue weighted by Gasteiger charge is -2.12. The van der Waals surface area contributed by atoms with Crippen LogP contribution in [0.3, 0.4) is 0 Å². The van der Waals surface area contributed by atoms with Crippen LogP contribution >= 0.6 is 0 Å². The number of alkyl halides is 3. The first-order valence-electron chi connectivity index (χ1n) is 12.2. The summed E-state index contributed by atoms with van der Waals surface area (Å²) in [4.78, 5) is 0. The topological polar surface area (TPSA) is 9.23 Å². The van der Waals surface area contributed by atoms with Crippen molar-refractivity contribution in [2.45, 2.75) is 45.2 Å². The van der Waals surface area contributed by atoms with E-state index in [2.05, 4.69) is 6.92 Å². The number of aryl methyl sites for hydroxylation is 2. The van der Waals surface area contributed by atoms with E-state index in [1.165, 1.54) is 12.1 Å². The molecule has 0 saturated carbocycles. The zero-order chi connectivity index (χ0) is 26.6. The van der Waals surface area contributed by atoms with Crippen LogP contribution in [0.2, 0.25) is 0 Å². The van der Waals surface area contributed by atoms with Crippen LogP contribution in [0, 0.1) is 17.5 Å². The van der Waals surface area contributed by atoms with Crippen LogP contribution in [-0.4, -0.2) is 6.61 Å². The molecule has 0 radical (unpaired) electrons. The van der Waals surface area contributed by atoms with E-state index < -0.39 is 29.2 Å². The van der Waals surface area contributed by atoms with Crippen molar-refractivity contribution in [3.8, 4) is 16.9 Å². The van der Waals surface area contributed by atoms with Crippen molar-refractivity contribution in [2.24, 2.45) is 0 Å². The molecule has 0 aliphatic carbocycles. The van der Waals surface area contributed by atoms with E-state index in [9.17, 15) is 22.0 Å². The SMILES string of the molecule is CCCCCOc1ccc(-c2ccc3c(F)c(CCc4ccc(C(F)(F)F)c(F)c4)ccc3c2)c(F)c1. The van der Waals surface area contributed by atoms with E-state index >= 15 is 4.39 Å². The Morgan fingerprint density at radius 3 is 2.27 bits per heavy atom. The summed E-state index contributed by atoms with van der Waals surface area (Å²) in [5.74, 6) is -1.79. The minimum Gasteiger partial charge on any atom is -0.493 e. The van der Waals surface area contributed by atoms with E-state index in [0.29, 0.717) is 51.4 Å². The molecular weight excluding hydrogens is 490 g/mol. The Hall–Kier alpha value is -3.48. The van der Waals surface area contributed by atoms with Crippen molar-refractivity contribution in [1.29, 1.82) is 0 Å². The Morgan fingerprint density at radius 2 is 1.57 bits per heavy atom. The third-order valence-electron chi connectivity index (χ3n) is 6.32. The van der Waals surface area contributed by atoms with Gasteiger partial charge in [0.25, 0.3) is 0 Å². The van der Waals surface area contributed by atoms with Gasteiger partial charge in [0.2, 0.25) is 0 Å². The highest BCUT2D eigenvalue weighted by Crippen LogP contribution is 2.33. The van der Waals surface area contributed by atoms with Gasteiger partial charge >= 0.3 is 6.18 Å². The van der Waals surface area contributed by atoms with Gasteiger partial charge in [0.15, 0.2) is 0 Å². The highest BCUT2D eigenvalue weighted by atomic mass is 19.4. The van der Waals surface area contributed by atoms with Crippen molar-refractivity contribution >= 4 is 10.8 Å². The Morgan fingerprint density at radius 1 is 0.757 bits per heavy atom. The largest absolute Gasteiger partial charge is 0.493 e. The molecule has 1 nitrogen and oxygen atoms in total. The van der Waals surface area contributed by atoms with Crippen LogP contribution in [0.1, 0.15) is 42.9 Å². The molecule has 0 unspecified atom stereocenters. The fourth-order valence-corrected chi connectivity index (χ4v) is 4.28. The lowest BCUT2D eigenvalue weighted by molar-refractivity contribution is -0.140. The minimum atomic E-state index is -4.76. The second-order valence-corrected chi connectivity index (χ2v) is 8.98. The van der Waals surface area contributed by atoms with E-state index in [1.807, 2.05) is 0 Å². The van der Waals surface area contributed by atoms with Crippen LogP contribution < -0.4 is 4.74 Å². The van der Waals surface area contributed by atoms with Crippen molar-refractivity contribution < 1.29 is 31.1 Å². The van der Waals surface area contributed by atoms with Crippen molar-refractivity contribution in [3.63, 3.8) is 0 Å². The number of benzene rings is 4. The van der Waals surface area contributed by atoms with Crippen LogP contribution in [0.15, 0.2) is 66.7 Å². The van der Waals surface area contributed by atoms with Crippen molar-refractivity contribution in [1.82, 2.24) is 0 Å². The smallest absolute Gasteiger partial charge is 0.419 e. The monoisotopic (exact) mass is 516 g/mol. The molecule has 0 amide bonds. The summed E-state index contributed by atoms with van der Waals surface area (Å²) in [5, 5.41) is 0.926. The number of unbranched alkanes of at least 4 members (excludes halogenated alkanes) is 2. The van der Waals surface area contributed by atoms with E-state index in [0.717, 1.165) is 25.3 Å². The van der Waals surface area contributed by atoms with Crippen LogP contribution in [0.4, 0.5) is 26.3 Å². The number of ether oxygens (including phenoxy) is 1. The number of halogens is 6. The van der Waals surface area contributed by atoms with Gasteiger partial charge < -0.3 is 4.74 Å². The molecule has 194 valence electrons. The van der Waals surface area contributed by atoms with Gasteiger partial charge in [-0.25, -0.2) is 13.2 Å². The van der Waals surface area contributed by atoms with E-state index in [-0.39, 0.29) is 12.8 Å². The predicted octanol–water partition coefficient (Wildman–Crippen LogP) is 9.30. The quantitative estimate of drug-likeness (QED) is 0.159. The average molecular weight is 517 g/mol. The molecule has 0 N–H and O–H groups in total. The predicted molar refractivity (Wildman–Crippen MR) is 133 cm³/mol. The second kappa shape index (κ2) is 11.3. The fraction of sp³-hybridized carbons (Fsp3) is 0.267. The Kier molecular flexibility index (Phi) is 8.10. The molecule has 0 heterocycles. The van der Waals surface area contributed by atoms with Crippen molar-refractivity contribution in [3.05, 3.63) is 101 Å². The van der Waals surface area contributed by atoms with Gasteiger partial charge in [0.1, 0.15) is 23.2 Å². The first-order chi connectivity index (χ1) is 17.7. The number of fused-ring (bicyclic) bond motifs is 1. The molecule has 0 fully saturated rings. The molecule has 37 heavy (non-hydrogen) atoms. The lowest BCUT2D eigenvalue weighted by Crippen LogP contribution is -2.08. The van der Waals surface area contributed by atoms with E-state index in [1.54, 1.807) is 42.5 Å². The first kappa shape index (κ1) is 26.6. The third kappa shape index (κ3) is 6.27. The molecule has 0 aromatic heterocycles. The molecular formula is C30H26F6O. The summed E-state index contributed by atoms with van der Waals surface area (Å²) in [7, 11) is 0. The molecule has 4 rings (SSSR count). The van der Waals surface area contributed by atoms with Gasteiger partial charge in [0, 0.05) is 17.0 Å². The van der Waals surface area contributed by atoms with Crippen LogP contribution in [0.25, 0.3) is 21.9 Å². The van der Waals surface area contributed by atoms with Gasteiger partial charge in [-0.15, -0.1) is 0 Å². The molecule has 0 aliphatic rings. The zero-order valence-corrected chi connectivity index (χ0v) is 20.3. The number of rotatable bonds is 9. The Labute approximate surface area is 211 Å². The zero-order valence-electron chi connectivity index (χ0n) is 20.3. The maximum Gasteiger partial charge on any atom is 0.419 e. The highest BCUT2D eigenvalue weighted by Gasteiger charge is 2.33. The minimum absolute atomic E-state index is 0.174. The molecule has 4 aromatic rings. The van der Waals surface area contributed by atoms with Gasteiger partial charge in [-0.05, 0) is 71.7 Å². The van der Waals surface area contributed by atoms with Gasteiger partial charge in [-0.3, -0.25) is 0 Å². The molecule has 0 aliphatic heterocycles. The van der Waals surface area contributed by atoms with Crippen LogP contribution in [-0.2, 0) is 19.0 Å². The summed E-state index contributed by atoms with van der Waals surface area (Å²) < 4.78 is 87.7. The third-order valence-corrected chi connectivity index (χ3v) is 6.32. The molecule has 0 bridgehead atoms. The Bertz CT molecular complexity index is 1390. The maximum absolute atomic E-state index is 15.2. The first-order valence-corrected chi connectivity index (χ1v) is 12.2. The second-order valence-electron chi connectivity index (χ2n) is 8.98. The average Bonchev–Trinajstić information content (AvgIpc) is 2.85. The van der Waals surface area contributed by atoms with E-state index in [4.69, 9.17) is 4.74 Å². The van der Waals surface area contributed by atoms with Gasteiger partial charge in [-0.1, -0.05) is 50.1 Å². The molecule has 4 aromatic carbocycles. The normalized spacial score (nSPS) is 11.8. The van der Waals surface area contributed by atoms with Gasteiger partial charge in [0.05, 0.1) is 12.2 Å². The molecule has 7 heteroatoms. The standard InChI is InChI=1S/C30H26F6O/c1-2-3-4-15-37-23-11-13-24(27(31)18-23)21-10-12-25-22(17-21)9-8-20(29(25)33)7-5-19-6-14-26(28(32)16-19)30(34,35)36/h6,8-14,16-18H,2-5,7,15H2,1H3. The lowest BCUT2D eigenvalue weighted by atomic mass is 9.96. The summed E-state index contributed by atoms with van der Waals surface area (Å²) in [6, 6.07) is 15.7. The maximum atomic E-state index is 15.2. The molecule has 0 saturated heterocycles. The highest BCUT2D eigenvalue weighted by molar-refractivity contribution is 5.88.